The van der Waals surface area contributed by atoms with E-state index >= 15 is 0 Å². The molecule has 1 nitrogen and oxygen atoms in total. The van der Waals surface area contributed by atoms with Gasteiger partial charge in [0.1, 0.15) is 0 Å². The molecule has 34 heavy (non-hydrogen) atoms. The quantitative estimate of drug-likeness (QED) is 0.248. The van der Waals surface area contributed by atoms with Crippen LogP contribution in [-0.2, 0) is 0 Å². The van der Waals surface area contributed by atoms with Gasteiger partial charge in [0.15, 0.2) is 0 Å². The van der Waals surface area contributed by atoms with Gasteiger partial charge in [-0.05, 0) is 54.5 Å². The van der Waals surface area contributed by atoms with Crippen molar-refractivity contribution in [1.29, 1.82) is 0 Å². The lowest BCUT2D eigenvalue weighted by molar-refractivity contribution is 1.09. The second-order valence-corrected chi connectivity index (χ2v) is 10.7. The third-order valence-electron chi connectivity index (χ3n) is 6.74. The first-order chi connectivity index (χ1) is 16.8. The third kappa shape index (κ3) is 2.68. The molecule has 3 heterocycles. The van der Waals surface area contributed by atoms with Crippen LogP contribution in [0.2, 0.25) is 0 Å². The van der Waals surface area contributed by atoms with Crippen LogP contribution in [0.5, 0.6) is 0 Å². The van der Waals surface area contributed by atoms with Gasteiger partial charge in [-0.15, -0.1) is 11.3 Å². The van der Waals surface area contributed by atoms with Crippen molar-refractivity contribution in [2.75, 3.05) is 0 Å². The molecule has 3 heteroatoms. The van der Waals surface area contributed by atoms with E-state index < -0.39 is 0 Å². The van der Waals surface area contributed by atoms with E-state index in [4.69, 9.17) is 0 Å². The van der Waals surface area contributed by atoms with E-state index in [0.29, 0.717) is 0 Å². The predicted octanol–water partition coefficient (Wildman–Crippen LogP) is 9.56. The van der Waals surface area contributed by atoms with Crippen LogP contribution in [0.15, 0.2) is 107 Å². The van der Waals surface area contributed by atoms with Crippen LogP contribution in [-0.4, -0.2) is 4.57 Å². The van der Waals surface area contributed by atoms with Crippen LogP contribution in [0.25, 0.3) is 49.2 Å². The van der Waals surface area contributed by atoms with Crippen LogP contribution in [0.4, 0.5) is 0 Å². The molecule has 7 rings (SSSR count). The highest BCUT2D eigenvalue weighted by Crippen LogP contribution is 2.49. The maximum Gasteiger partial charge on any atom is 0.0681 e. The van der Waals surface area contributed by atoms with Gasteiger partial charge >= 0.3 is 0 Å². The molecular weight excluding hydrogens is 450 g/mol. The van der Waals surface area contributed by atoms with Gasteiger partial charge in [-0.3, -0.25) is 0 Å². The van der Waals surface area contributed by atoms with Gasteiger partial charge in [0.05, 0.1) is 16.7 Å². The fraction of sp³-hybridized carbons (Fsp3) is 0.0323. The number of hydrogen-bond donors (Lipinski definition) is 0. The number of aromatic nitrogens is 1. The van der Waals surface area contributed by atoms with Crippen LogP contribution < -0.4 is 0 Å². The molecule has 6 aromatic rings. The molecule has 162 valence electrons. The van der Waals surface area contributed by atoms with E-state index in [1.165, 1.54) is 68.9 Å². The molecule has 0 atom stereocenters. The highest BCUT2D eigenvalue weighted by atomic mass is 32.2. The maximum atomic E-state index is 4.16. The van der Waals surface area contributed by atoms with Gasteiger partial charge in [0.2, 0.25) is 0 Å². The number of hydrogen-bond acceptors (Lipinski definition) is 2. The fourth-order valence-corrected chi connectivity index (χ4v) is 7.72. The summed E-state index contributed by atoms with van der Waals surface area (Å²) in [4.78, 5) is 3.89. The molecule has 4 aromatic carbocycles. The van der Waals surface area contributed by atoms with Gasteiger partial charge < -0.3 is 4.57 Å². The second kappa shape index (κ2) is 7.49. The van der Waals surface area contributed by atoms with Crippen molar-refractivity contribution in [1.82, 2.24) is 4.57 Å². The molecule has 0 spiro atoms. The Morgan fingerprint density at radius 1 is 0.824 bits per heavy atom. The lowest BCUT2D eigenvalue weighted by Crippen LogP contribution is -2.01. The molecule has 1 aliphatic rings. The zero-order chi connectivity index (χ0) is 22.8. The zero-order valence-electron chi connectivity index (χ0n) is 18.7. The normalized spacial score (nSPS) is 13.0. The monoisotopic (exact) mass is 471 g/mol. The van der Waals surface area contributed by atoms with Gasteiger partial charge in [0.25, 0.3) is 0 Å². The molecule has 0 radical (unpaired) electrons. The molecule has 2 aromatic heterocycles. The van der Waals surface area contributed by atoms with E-state index in [1.54, 1.807) is 0 Å². The highest BCUT2D eigenvalue weighted by molar-refractivity contribution is 7.99. The number of nitrogens with zero attached hydrogens (tertiary/aromatic N) is 1. The zero-order valence-corrected chi connectivity index (χ0v) is 20.3. The van der Waals surface area contributed by atoms with Crippen molar-refractivity contribution >= 4 is 66.6 Å². The summed E-state index contributed by atoms with van der Waals surface area (Å²) in [5.41, 5.74) is 7.59. The highest BCUT2D eigenvalue weighted by Gasteiger charge is 2.24. The molecule has 0 N–H and O–H groups in total. The molecular formula is C31H21NS2. The molecule has 0 bridgehead atoms. The van der Waals surface area contributed by atoms with E-state index in [1.807, 2.05) is 29.2 Å². The van der Waals surface area contributed by atoms with Gasteiger partial charge in [0, 0.05) is 41.1 Å². The number of fused-ring (bicyclic) bond motifs is 6. The van der Waals surface area contributed by atoms with E-state index in [0.717, 1.165) is 0 Å². The maximum absolute atomic E-state index is 4.16. The molecule has 0 aliphatic carbocycles. The average Bonchev–Trinajstić information content (AvgIpc) is 3.41. The Balaban J connectivity index is 1.55. The van der Waals surface area contributed by atoms with Gasteiger partial charge in [-0.25, -0.2) is 0 Å². The standard InChI is InChI=1S/C31H21NS2/c1-3-20(31-21(4-2)23-12-6-9-15-27(23)34-31)19-17-24-22-11-5-7-13-25(22)32-26-14-8-10-16-28(26)33-29(18-19)30(24)32/h3-18H,2H2,1H3/b20-3-. The average molecular weight is 472 g/mol. The number of benzene rings is 4. The Hall–Kier alpha value is -3.53. The van der Waals surface area contributed by atoms with Crippen LogP contribution in [0.3, 0.4) is 0 Å². The second-order valence-electron chi connectivity index (χ2n) is 8.54. The lowest BCUT2D eigenvalue weighted by atomic mass is 9.98. The number of allylic oxidation sites excluding steroid dienone is 1. The predicted molar refractivity (Wildman–Crippen MR) is 150 cm³/mol. The molecule has 0 saturated heterocycles. The third-order valence-corrected chi connectivity index (χ3v) is 9.06. The van der Waals surface area contributed by atoms with Crippen molar-refractivity contribution < 1.29 is 0 Å². The van der Waals surface area contributed by atoms with E-state index in [2.05, 4.69) is 109 Å². The largest absolute Gasteiger partial charge is 0.307 e. The summed E-state index contributed by atoms with van der Waals surface area (Å²) < 4.78 is 3.74. The minimum atomic E-state index is 1.22. The minimum absolute atomic E-state index is 1.22. The Labute approximate surface area is 206 Å². The molecule has 0 fully saturated rings. The van der Waals surface area contributed by atoms with Crippen LogP contribution in [0.1, 0.15) is 22.9 Å². The van der Waals surface area contributed by atoms with Crippen LogP contribution >= 0.6 is 23.1 Å². The summed E-state index contributed by atoms with van der Waals surface area (Å²) in [7, 11) is 0. The topological polar surface area (TPSA) is 4.93 Å². The van der Waals surface area contributed by atoms with E-state index in [9.17, 15) is 0 Å². The first-order valence-corrected chi connectivity index (χ1v) is 13.1. The SMILES string of the molecule is C=Cc1c(/C(=C\C)c2cc3c4c(c2)c2ccccc2n4-c2ccccc2S3)sc2ccccc12. The fourth-order valence-electron chi connectivity index (χ4n) is 5.29. The van der Waals surface area contributed by atoms with Crippen LogP contribution in [0, 0.1) is 0 Å². The van der Waals surface area contributed by atoms with Crippen molar-refractivity contribution in [2.45, 2.75) is 16.7 Å². The van der Waals surface area contributed by atoms with Gasteiger partial charge in [-0.1, -0.05) is 79.0 Å². The molecule has 0 unspecified atom stereocenters. The Bertz CT molecular complexity index is 1810. The molecule has 0 amide bonds. The van der Waals surface area contributed by atoms with Crippen molar-refractivity contribution in [3.8, 4) is 5.69 Å². The minimum Gasteiger partial charge on any atom is -0.307 e. The van der Waals surface area contributed by atoms with E-state index in [-0.39, 0.29) is 0 Å². The van der Waals surface area contributed by atoms with Crippen molar-refractivity contribution in [3.63, 3.8) is 0 Å². The number of para-hydroxylation sites is 2. The summed E-state index contributed by atoms with van der Waals surface area (Å²) in [5.74, 6) is 0. The Morgan fingerprint density at radius 2 is 1.59 bits per heavy atom. The Morgan fingerprint density at radius 3 is 2.44 bits per heavy atom. The summed E-state index contributed by atoms with van der Waals surface area (Å²) >= 11 is 3.73. The summed E-state index contributed by atoms with van der Waals surface area (Å²) in [6.07, 6.45) is 4.27. The molecule has 0 saturated carbocycles. The molecule has 1 aliphatic heterocycles. The number of thiophene rings is 1. The summed E-state index contributed by atoms with van der Waals surface area (Å²) in [6, 6.07) is 30.9. The first kappa shape index (κ1) is 19.9. The lowest BCUT2D eigenvalue weighted by Gasteiger charge is -2.21. The summed E-state index contributed by atoms with van der Waals surface area (Å²) in [6.45, 7) is 6.31. The van der Waals surface area contributed by atoms with Crippen molar-refractivity contribution in [2.24, 2.45) is 0 Å². The van der Waals surface area contributed by atoms with Gasteiger partial charge in [-0.2, -0.15) is 0 Å². The summed E-state index contributed by atoms with van der Waals surface area (Å²) in [5, 5.41) is 3.89. The Kier molecular flexibility index (Phi) is 4.38. The smallest absolute Gasteiger partial charge is 0.0681 e. The first-order valence-electron chi connectivity index (χ1n) is 11.4. The number of rotatable bonds is 3. The van der Waals surface area contributed by atoms with Crippen molar-refractivity contribution in [3.05, 3.63) is 114 Å².